The molecule has 4 N–H and O–H groups in total. The highest BCUT2D eigenvalue weighted by Crippen LogP contribution is 2.39. The van der Waals surface area contributed by atoms with Gasteiger partial charge in [0.05, 0.1) is 5.56 Å². The third kappa shape index (κ3) is 2.56. The lowest BCUT2D eigenvalue weighted by Gasteiger charge is -2.27. The lowest BCUT2D eigenvalue weighted by molar-refractivity contribution is 0.100. The fourth-order valence-electron chi connectivity index (χ4n) is 3.65. The van der Waals surface area contributed by atoms with Gasteiger partial charge in [0.2, 0.25) is 0 Å². The quantitative estimate of drug-likeness (QED) is 0.868. The van der Waals surface area contributed by atoms with E-state index < -0.39 is 0 Å². The van der Waals surface area contributed by atoms with E-state index in [0.29, 0.717) is 23.4 Å². The van der Waals surface area contributed by atoms with Gasteiger partial charge in [0.25, 0.3) is 5.91 Å². The van der Waals surface area contributed by atoms with Crippen LogP contribution in [0.15, 0.2) is 22.7 Å². The van der Waals surface area contributed by atoms with Crippen LogP contribution >= 0.6 is 15.9 Å². The molecule has 0 spiro atoms. The average molecular weight is 338 g/mol. The van der Waals surface area contributed by atoms with Crippen molar-refractivity contribution in [2.45, 2.75) is 25.3 Å². The Labute approximate surface area is 127 Å². The molecule has 1 aliphatic heterocycles. The second-order valence-electron chi connectivity index (χ2n) is 6.02. The number of hydrogen-bond donors (Lipinski definition) is 2. The normalized spacial score (nSPS) is 29.3. The molecular weight excluding hydrogens is 318 g/mol. The van der Waals surface area contributed by atoms with Gasteiger partial charge in [-0.25, -0.2) is 0 Å². The Morgan fingerprint density at radius 1 is 1.25 bits per heavy atom. The van der Waals surface area contributed by atoms with Crippen LogP contribution in [0.5, 0.6) is 0 Å². The maximum absolute atomic E-state index is 11.7. The van der Waals surface area contributed by atoms with E-state index in [1.54, 1.807) is 0 Å². The molecule has 2 aliphatic rings. The Bertz CT molecular complexity index is 534. The molecule has 1 amide bonds. The summed E-state index contributed by atoms with van der Waals surface area (Å²) in [6.07, 6.45) is 3.42. The van der Waals surface area contributed by atoms with Crippen molar-refractivity contribution >= 4 is 27.5 Å². The largest absolute Gasteiger partial charge is 0.370 e. The second kappa shape index (κ2) is 5.37. The number of benzene rings is 1. The Morgan fingerprint density at radius 3 is 2.75 bits per heavy atom. The van der Waals surface area contributed by atoms with Crippen molar-refractivity contribution in [1.29, 1.82) is 0 Å². The van der Waals surface area contributed by atoms with Crippen LogP contribution in [0.3, 0.4) is 0 Å². The van der Waals surface area contributed by atoms with E-state index in [0.717, 1.165) is 36.1 Å². The lowest BCUT2D eigenvalue weighted by atomic mass is 9.79. The van der Waals surface area contributed by atoms with E-state index >= 15 is 0 Å². The van der Waals surface area contributed by atoms with E-state index in [1.807, 2.05) is 18.2 Å². The maximum atomic E-state index is 11.7. The van der Waals surface area contributed by atoms with Crippen molar-refractivity contribution in [2.24, 2.45) is 23.3 Å². The van der Waals surface area contributed by atoms with Crippen molar-refractivity contribution < 1.29 is 4.79 Å². The highest BCUT2D eigenvalue weighted by molar-refractivity contribution is 9.10. The molecule has 1 saturated carbocycles. The monoisotopic (exact) mass is 337 g/mol. The van der Waals surface area contributed by atoms with Gasteiger partial charge in [-0.15, -0.1) is 0 Å². The number of rotatable bonds is 2. The standard InChI is InChI=1S/C15H20BrN3O/c16-11-2-4-14(13(6-11)15(18)20)19-7-9-1-3-12(17)5-10(9)8-19/h2,4,6,9-10,12H,1,3,5,7-8,17H2,(H2,18,20)/t9-,10+,12?/m1/s1. The number of carbonyl (C=O) groups excluding carboxylic acids is 1. The summed E-state index contributed by atoms with van der Waals surface area (Å²) < 4.78 is 0.883. The first-order valence-corrected chi connectivity index (χ1v) is 7.94. The Kier molecular flexibility index (Phi) is 3.73. The van der Waals surface area contributed by atoms with Gasteiger partial charge in [0.15, 0.2) is 0 Å². The van der Waals surface area contributed by atoms with Crippen molar-refractivity contribution in [1.82, 2.24) is 0 Å². The number of halogens is 1. The lowest BCUT2D eigenvalue weighted by Crippen LogP contribution is -2.32. The molecule has 1 aromatic carbocycles. The van der Waals surface area contributed by atoms with E-state index in [4.69, 9.17) is 11.5 Å². The predicted molar refractivity (Wildman–Crippen MR) is 83.7 cm³/mol. The first kappa shape index (κ1) is 13.9. The summed E-state index contributed by atoms with van der Waals surface area (Å²) in [4.78, 5) is 14.0. The molecule has 1 heterocycles. The van der Waals surface area contributed by atoms with Crippen LogP contribution in [-0.4, -0.2) is 25.0 Å². The molecule has 3 atom stereocenters. The van der Waals surface area contributed by atoms with Gasteiger partial charge in [0.1, 0.15) is 0 Å². The highest BCUT2D eigenvalue weighted by atomic mass is 79.9. The van der Waals surface area contributed by atoms with Gasteiger partial charge in [0, 0.05) is 29.3 Å². The van der Waals surface area contributed by atoms with Gasteiger partial charge >= 0.3 is 0 Å². The molecule has 2 fully saturated rings. The minimum absolute atomic E-state index is 0.344. The minimum atomic E-state index is -0.368. The third-order valence-electron chi connectivity index (χ3n) is 4.65. The number of fused-ring (bicyclic) bond motifs is 1. The van der Waals surface area contributed by atoms with Crippen LogP contribution in [0, 0.1) is 11.8 Å². The number of nitrogens with zero attached hydrogens (tertiary/aromatic N) is 1. The molecule has 0 aromatic heterocycles. The molecule has 0 radical (unpaired) electrons. The van der Waals surface area contributed by atoms with Crippen LogP contribution in [0.1, 0.15) is 29.6 Å². The van der Waals surface area contributed by atoms with Crippen LogP contribution in [0.2, 0.25) is 0 Å². The highest BCUT2D eigenvalue weighted by Gasteiger charge is 2.37. The Balaban J connectivity index is 1.86. The SMILES string of the molecule is NC(=O)c1cc(Br)ccc1N1C[C@H]2CCC(N)C[C@H]2C1. The fraction of sp³-hybridized carbons (Fsp3) is 0.533. The number of nitrogens with two attached hydrogens (primary N) is 2. The summed E-state index contributed by atoms with van der Waals surface area (Å²) in [5.41, 5.74) is 13.1. The topological polar surface area (TPSA) is 72.4 Å². The number of hydrogen-bond acceptors (Lipinski definition) is 3. The number of carbonyl (C=O) groups is 1. The maximum Gasteiger partial charge on any atom is 0.250 e. The number of amides is 1. The zero-order chi connectivity index (χ0) is 14.3. The van der Waals surface area contributed by atoms with Crippen LogP contribution in [0.4, 0.5) is 5.69 Å². The molecule has 1 saturated heterocycles. The van der Waals surface area contributed by atoms with Crippen molar-refractivity contribution in [3.8, 4) is 0 Å². The molecule has 108 valence electrons. The van der Waals surface area contributed by atoms with Gasteiger partial charge in [-0.05, 0) is 49.3 Å². The minimum Gasteiger partial charge on any atom is -0.370 e. The predicted octanol–water partition coefficient (Wildman–Crippen LogP) is 2.11. The molecular formula is C15H20BrN3O. The van der Waals surface area contributed by atoms with Crippen LogP contribution in [-0.2, 0) is 0 Å². The molecule has 1 unspecified atom stereocenters. The number of primary amides is 1. The van der Waals surface area contributed by atoms with Crippen molar-refractivity contribution in [3.63, 3.8) is 0 Å². The van der Waals surface area contributed by atoms with Crippen molar-refractivity contribution in [3.05, 3.63) is 28.2 Å². The van der Waals surface area contributed by atoms with Crippen LogP contribution < -0.4 is 16.4 Å². The molecule has 0 bridgehead atoms. The molecule has 1 aliphatic carbocycles. The summed E-state index contributed by atoms with van der Waals surface area (Å²) in [6, 6.07) is 6.11. The second-order valence-corrected chi connectivity index (χ2v) is 6.94. The average Bonchev–Trinajstić information content (AvgIpc) is 2.81. The zero-order valence-corrected chi connectivity index (χ0v) is 13.0. The Morgan fingerprint density at radius 2 is 2.00 bits per heavy atom. The van der Waals surface area contributed by atoms with E-state index in [2.05, 4.69) is 20.8 Å². The summed E-state index contributed by atoms with van der Waals surface area (Å²) in [5, 5.41) is 0. The third-order valence-corrected chi connectivity index (χ3v) is 5.15. The summed E-state index contributed by atoms with van der Waals surface area (Å²) in [6.45, 7) is 2.00. The van der Waals surface area contributed by atoms with Gasteiger partial charge < -0.3 is 16.4 Å². The Hall–Kier alpha value is -1.07. The van der Waals surface area contributed by atoms with Gasteiger partial charge in [-0.2, -0.15) is 0 Å². The molecule has 5 heteroatoms. The molecule has 20 heavy (non-hydrogen) atoms. The number of anilines is 1. The first-order chi connectivity index (χ1) is 9.54. The van der Waals surface area contributed by atoms with E-state index in [1.165, 1.54) is 6.42 Å². The summed E-state index contributed by atoms with van der Waals surface area (Å²) >= 11 is 3.40. The molecule has 1 aromatic rings. The summed E-state index contributed by atoms with van der Waals surface area (Å²) in [5.74, 6) is 0.996. The first-order valence-electron chi connectivity index (χ1n) is 7.14. The van der Waals surface area contributed by atoms with Gasteiger partial charge in [-0.1, -0.05) is 15.9 Å². The van der Waals surface area contributed by atoms with Gasteiger partial charge in [-0.3, -0.25) is 4.79 Å². The smallest absolute Gasteiger partial charge is 0.250 e. The van der Waals surface area contributed by atoms with E-state index in [9.17, 15) is 4.79 Å². The fourth-order valence-corrected chi connectivity index (χ4v) is 4.01. The summed E-state index contributed by atoms with van der Waals surface area (Å²) in [7, 11) is 0. The molecule has 4 nitrogen and oxygen atoms in total. The van der Waals surface area contributed by atoms with Crippen molar-refractivity contribution in [2.75, 3.05) is 18.0 Å². The molecule has 3 rings (SSSR count). The van der Waals surface area contributed by atoms with E-state index in [-0.39, 0.29) is 5.91 Å². The zero-order valence-electron chi connectivity index (χ0n) is 11.4. The van der Waals surface area contributed by atoms with Crippen LogP contribution in [0.25, 0.3) is 0 Å².